The highest BCUT2D eigenvalue weighted by molar-refractivity contribution is 6.37. The van der Waals surface area contributed by atoms with Gasteiger partial charge in [0.1, 0.15) is 0 Å². The molecular formula is C94H118N16O12. The van der Waals surface area contributed by atoms with E-state index in [4.69, 9.17) is 9.47 Å². The number of fused-ring (bicyclic) bond motifs is 4. The SMILES string of the molecule is CCN(CC)CCNC(=O)c1c(C)[nH]c(/C=C2\C(=O)Nc3ccc(C)cc32)c1C.Cc1ccc2c(c1)/C(=C/c1[nH]c(C)c(C(=O)NCCN3CCCC3)c1C)C(=O)N2.Cc1ccc2c(c1)/C(=C/c1[nH]c(C)c(C(=O)NC[C@@H](O)CN3CCOCC3)c1C)C(=O)N2.Cc1ccc2c(c1)/C(=C/c1[nH]c(C)c(C(=O)NC[C@H](O)CN3CCOCC3)c1C)C(=O)N2. The highest BCUT2D eigenvalue weighted by Gasteiger charge is 2.32. The number of nitrogens with zero attached hydrogens (tertiary/aromatic N) is 4. The predicted molar refractivity (Wildman–Crippen MR) is 481 cm³/mol. The Labute approximate surface area is 713 Å². The summed E-state index contributed by atoms with van der Waals surface area (Å²) in [6.45, 7) is 41.6. The number of carbonyl (C=O) groups excluding carboxylic acids is 8. The van der Waals surface area contributed by atoms with Crippen molar-refractivity contribution in [2.75, 3.05) is 152 Å². The number of aromatic nitrogens is 4. The number of nitrogens with one attached hydrogen (secondary N) is 12. The number of hydrogen-bond acceptors (Lipinski definition) is 16. The van der Waals surface area contributed by atoms with Crippen LogP contribution in [0.5, 0.6) is 0 Å². The first-order chi connectivity index (χ1) is 58.4. The summed E-state index contributed by atoms with van der Waals surface area (Å²) in [5.74, 6) is -1.18. The molecule has 122 heavy (non-hydrogen) atoms. The molecule has 7 aliphatic heterocycles. The number of anilines is 4. The first-order valence-corrected chi connectivity index (χ1v) is 42.3. The lowest BCUT2D eigenvalue weighted by Crippen LogP contribution is -2.44. The fourth-order valence-corrected chi connectivity index (χ4v) is 16.7. The third kappa shape index (κ3) is 21.5. The number of hydrogen-bond donors (Lipinski definition) is 14. The van der Waals surface area contributed by atoms with E-state index < -0.39 is 12.2 Å². The van der Waals surface area contributed by atoms with Gasteiger partial charge in [-0.1, -0.05) is 60.4 Å². The van der Waals surface area contributed by atoms with Crippen LogP contribution in [0.4, 0.5) is 22.7 Å². The number of aliphatic hydroxyl groups is 2. The highest BCUT2D eigenvalue weighted by atomic mass is 16.5. The summed E-state index contributed by atoms with van der Waals surface area (Å²) in [6, 6.07) is 23.5. The number of rotatable bonds is 24. The number of aryl methyl sites for hydroxylation is 8. The van der Waals surface area contributed by atoms with Crippen molar-refractivity contribution in [3.63, 3.8) is 0 Å². The third-order valence-corrected chi connectivity index (χ3v) is 23.5. The van der Waals surface area contributed by atoms with E-state index in [1.165, 1.54) is 12.8 Å². The molecule has 0 bridgehead atoms. The molecule has 0 spiro atoms. The van der Waals surface area contributed by atoms with Gasteiger partial charge >= 0.3 is 0 Å². The summed E-state index contributed by atoms with van der Waals surface area (Å²) >= 11 is 0. The van der Waals surface area contributed by atoms with Gasteiger partial charge in [-0.15, -0.1) is 0 Å². The molecule has 0 radical (unpaired) electrons. The summed E-state index contributed by atoms with van der Waals surface area (Å²) < 4.78 is 10.6. The average Bonchev–Trinajstić information content (AvgIpc) is 1.64. The molecule has 8 aromatic rings. The molecule has 2 atom stereocenters. The lowest BCUT2D eigenvalue weighted by Gasteiger charge is -2.28. The van der Waals surface area contributed by atoms with Crippen molar-refractivity contribution in [1.29, 1.82) is 0 Å². The number of amides is 8. The average molecular weight is 1660 g/mol. The largest absolute Gasteiger partial charge is 0.390 e. The zero-order valence-corrected chi connectivity index (χ0v) is 72.7. The number of aliphatic hydroxyl groups excluding tert-OH is 2. The van der Waals surface area contributed by atoms with E-state index in [1.807, 2.05) is 168 Å². The molecular weight excluding hydrogens is 1550 g/mol. The quantitative estimate of drug-likeness (QED) is 0.0250. The summed E-state index contributed by atoms with van der Waals surface area (Å²) in [7, 11) is 0. The Kier molecular flexibility index (Phi) is 29.7. The molecule has 4 aromatic heterocycles. The predicted octanol–water partition coefficient (Wildman–Crippen LogP) is 10.5. The number of ether oxygens (including phenoxy) is 2. The normalized spacial score (nSPS) is 17.3. The summed E-state index contributed by atoms with van der Waals surface area (Å²) in [6.07, 6.45) is 8.48. The number of likely N-dealkylation sites (N-methyl/N-ethyl adjacent to an activating group) is 1. The lowest BCUT2D eigenvalue weighted by atomic mass is 10.0. The highest BCUT2D eigenvalue weighted by Crippen LogP contribution is 2.39. The number of H-pyrrole nitrogens is 4. The van der Waals surface area contributed by atoms with Crippen LogP contribution in [-0.2, 0) is 28.7 Å². The number of likely N-dealkylation sites (tertiary alicyclic amines) is 1. The Balaban J connectivity index is 0.000000149. The van der Waals surface area contributed by atoms with Gasteiger partial charge in [0.15, 0.2) is 0 Å². The van der Waals surface area contributed by atoms with E-state index in [0.29, 0.717) is 97.2 Å². The molecule has 14 N–H and O–H groups in total. The number of carbonyl (C=O) groups is 8. The van der Waals surface area contributed by atoms with Crippen molar-refractivity contribution >= 4 is 117 Å². The van der Waals surface area contributed by atoms with Crippen LogP contribution in [0.3, 0.4) is 0 Å². The molecule has 646 valence electrons. The van der Waals surface area contributed by atoms with Crippen LogP contribution in [0.2, 0.25) is 0 Å². The van der Waals surface area contributed by atoms with Crippen LogP contribution >= 0.6 is 0 Å². The molecule has 28 heteroatoms. The minimum atomic E-state index is -0.653. The number of β-amino-alcohol motifs (C(OH)–C–C–N with tert-alkyl or cyclic N) is 2. The second-order valence-electron chi connectivity index (χ2n) is 32.5. The molecule has 15 rings (SSSR count). The van der Waals surface area contributed by atoms with Crippen molar-refractivity contribution in [3.8, 4) is 0 Å². The second kappa shape index (κ2) is 40.4. The molecule has 0 aliphatic carbocycles. The van der Waals surface area contributed by atoms with Crippen molar-refractivity contribution in [1.82, 2.24) is 60.8 Å². The molecule has 0 unspecified atom stereocenters. The summed E-state index contributed by atoms with van der Waals surface area (Å²) in [5, 5.41) is 44.0. The maximum Gasteiger partial charge on any atom is 0.256 e. The van der Waals surface area contributed by atoms with Crippen LogP contribution in [0, 0.1) is 83.1 Å². The first kappa shape index (κ1) is 89.7. The first-order valence-electron chi connectivity index (χ1n) is 42.3. The van der Waals surface area contributed by atoms with Gasteiger partial charge in [-0.2, -0.15) is 0 Å². The molecule has 3 saturated heterocycles. The Morgan fingerprint density at radius 3 is 0.967 bits per heavy atom. The molecule has 3 fully saturated rings. The lowest BCUT2D eigenvalue weighted by molar-refractivity contribution is -0.111. The van der Waals surface area contributed by atoms with Crippen LogP contribution in [0.25, 0.3) is 46.6 Å². The van der Waals surface area contributed by atoms with Gasteiger partial charge in [0.25, 0.3) is 47.3 Å². The Morgan fingerprint density at radius 1 is 0.402 bits per heavy atom. The van der Waals surface area contributed by atoms with E-state index in [2.05, 4.69) is 95.9 Å². The third-order valence-electron chi connectivity index (χ3n) is 23.5. The summed E-state index contributed by atoms with van der Waals surface area (Å²) in [4.78, 5) is 123. The second-order valence-corrected chi connectivity index (χ2v) is 32.5. The van der Waals surface area contributed by atoms with Crippen molar-refractivity contribution in [3.05, 3.63) is 207 Å². The zero-order valence-electron chi connectivity index (χ0n) is 72.7. The van der Waals surface area contributed by atoms with E-state index >= 15 is 0 Å². The van der Waals surface area contributed by atoms with Gasteiger partial charge in [-0.05, 0) is 217 Å². The monoisotopic (exact) mass is 1660 g/mol. The van der Waals surface area contributed by atoms with Gasteiger partial charge in [-0.3, -0.25) is 48.2 Å². The molecule has 28 nitrogen and oxygen atoms in total. The topological polar surface area (TPSA) is 368 Å². The van der Waals surface area contributed by atoms with E-state index in [9.17, 15) is 48.6 Å². The zero-order chi connectivity index (χ0) is 87.3. The van der Waals surface area contributed by atoms with Crippen LogP contribution in [0.15, 0.2) is 72.8 Å². The van der Waals surface area contributed by atoms with Gasteiger partial charge in [0.2, 0.25) is 0 Å². The van der Waals surface area contributed by atoms with Crippen molar-refractivity contribution < 1.29 is 58.0 Å². The maximum atomic E-state index is 12.9. The standard InChI is InChI=1S/2C24H30N4O4.C23H28N4O2.C23H30N4O2/c2*1-14-4-5-20-18(10-14)19(23(30)27-20)11-21-15(2)22(16(3)26-21)24(31)25-12-17(29)13-28-6-8-32-9-7-28;1-14-6-7-19-17(12-14)18(22(28)26-19)13-20-15(2)21(16(3)25-20)23(29)24-8-11-27-9-4-5-10-27;1-6-27(7-2)11-10-24-23(29)21-15(4)20(25-16(21)5)13-18-17-12-14(3)8-9-19(17)26-22(18)28/h2*4-5,10-11,17,26,29H,6-9,12-13H2,1-3H3,(H,25,31)(H,27,30);6-7,12-13,25H,4-5,8-11H2,1-3H3,(H,24,29)(H,26,28);8-9,12-13,25H,6-7,10-11H2,1-5H3,(H,24,29)(H,26,28)/b2*19-11-;2*18-13-/t2*17-;;/m10../s1. The van der Waals surface area contributed by atoms with Gasteiger partial charge in [0, 0.05) is 169 Å². The van der Waals surface area contributed by atoms with Crippen LogP contribution < -0.4 is 42.5 Å². The fraction of sp³-hybridized carbons (Fsp3) is 0.404. The van der Waals surface area contributed by atoms with Crippen LogP contribution in [-0.4, -0.2) is 240 Å². The minimum Gasteiger partial charge on any atom is -0.390 e. The molecule has 11 heterocycles. The smallest absolute Gasteiger partial charge is 0.256 e. The van der Waals surface area contributed by atoms with Gasteiger partial charge in [0.05, 0.1) is 83.2 Å². The van der Waals surface area contributed by atoms with Crippen molar-refractivity contribution in [2.24, 2.45) is 0 Å². The molecule has 8 amide bonds. The summed E-state index contributed by atoms with van der Waals surface area (Å²) in [5.41, 5.74) is 25.2. The molecule has 0 saturated carbocycles. The Morgan fingerprint density at radius 2 is 0.680 bits per heavy atom. The molecule has 7 aliphatic rings. The van der Waals surface area contributed by atoms with Crippen molar-refractivity contribution in [2.45, 2.75) is 122 Å². The number of aromatic amines is 4. The molecule has 4 aromatic carbocycles. The van der Waals surface area contributed by atoms with Gasteiger partial charge in [-0.25, -0.2) is 0 Å². The Bertz CT molecular complexity index is 5100. The van der Waals surface area contributed by atoms with E-state index in [0.717, 1.165) is 201 Å². The minimum absolute atomic E-state index is 0.0628. The van der Waals surface area contributed by atoms with E-state index in [-0.39, 0.29) is 60.3 Å². The maximum absolute atomic E-state index is 12.9. The Hall–Kier alpha value is -11.6. The van der Waals surface area contributed by atoms with E-state index in [1.54, 1.807) is 12.2 Å². The van der Waals surface area contributed by atoms with Gasteiger partial charge < -0.3 is 92.0 Å². The number of benzene rings is 4. The number of morpholine rings is 2. The van der Waals surface area contributed by atoms with Crippen LogP contribution in [0.1, 0.15) is 180 Å². The fourth-order valence-electron chi connectivity index (χ4n) is 16.7.